The Labute approximate surface area is 172 Å². The fourth-order valence-electron chi connectivity index (χ4n) is 4.64. The minimum absolute atomic E-state index is 0.0409. The van der Waals surface area contributed by atoms with Gasteiger partial charge in [-0.15, -0.1) is 0 Å². The lowest BCUT2D eigenvalue weighted by atomic mass is 9.88. The van der Waals surface area contributed by atoms with E-state index in [1.54, 1.807) is 11.1 Å². The molecule has 6 nitrogen and oxygen atoms in total. The summed E-state index contributed by atoms with van der Waals surface area (Å²) in [6.45, 7) is 1.21. The van der Waals surface area contributed by atoms with Crippen molar-refractivity contribution in [2.45, 2.75) is 57.5 Å². The molecule has 0 radical (unpaired) electrons. The van der Waals surface area contributed by atoms with Crippen LogP contribution >= 0.6 is 0 Å². The Morgan fingerprint density at radius 1 is 1.07 bits per heavy atom. The van der Waals surface area contributed by atoms with Gasteiger partial charge >= 0.3 is 0 Å². The summed E-state index contributed by atoms with van der Waals surface area (Å²) in [5.41, 5.74) is 1.97. The van der Waals surface area contributed by atoms with Crippen LogP contribution in [0.3, 0.4) is 0 Å². The zero-order chi connectivity index (χ0) is 20.2. The normalized spacial score (nSPS) is 20.0. The summed E-state index contributed by atoms with van der Waals surface area (Å²) in [4.78, 5) is 29.7. The maximum atomic E-state index is 13.1. The van der Waals surface area contributed by atoms with E-state index in [2.05, 4.69) is 5.10 Å². The first-order chi connectivity index (χ1) is 14.1. The van der Waals surface area contributed by atoms with E-state index in [0.29, 0.717) is 13.1 Å². The highest BCUT2D eigenvalue weighted by Crippen LogP contribution is 2.29. The Balaban J connectivity index is 1.39. The number of hydrogen-bond acceptors (Lipinski definition) is 3. The lowest BCUT2D eigenvalue weighted by molar-refractivity contribution is -0.146. The molecule has 29 heavy (non-hydrogen) atoms. The van der Waals surface area contributed by atoms with E-state index in [-0.39, 0.29) is 23.8 Å². The van der Waals surface area contributed by atoms with Gasteiger partial charge in [0.2, 0.25) is 11.8 Å². The Kier molecular flexibility index (Phi) is 5.97. The smallest absolute Gasteiger partial charge is 0.245 e. The van der Waals surface area contributed by atoms with E-state index in [4.69, 9.17) is 0 Å². The highest BCUT2D eigenvalue weighted by Gasteiger charge is 2.38. The number of carbonyl (C=O) groups excluding carboxylic acids is 2. The fourth-order valence-corrected chi connectivity index (χ4v) is 4.64. The summed E-state index contributed by atoms with van der Waals surface area (Å²) in [5.74, 6) is 0.358. The van der Waals surface area contributed by atoms with Gasteiger partial charge in [0, 0.05) is 37.8 Å². The average molecular weight is 395 g/mol. The van der Waals surface area contributed by atoms with Crippen LogP contribution in [-0.2, 0) is 16.1 Å². The van der Waals surface area contributed by atoms with Crippen molar-refractivity contribution in [3.05, 3.63) is 48.3 Å². The topological polar surface area (TPSA) is 58.4 Å². The monoisotopic (exact) mass is 394 g/mol. The van der Waals surface area contributed by atoms with Crippen LogP contribution in [0.5, 0.6) is 0 Å². The molecule has 1 aliphatic heterocycles. The van der Waals surface area contributed by atoms with Gasteiger partial charge in [-0.25, -0.2) is 4.68 Å². The van der Waals surface area contributed by atoms with Crippen molar-refractivity contribution in [3.8, 4) is 5.69 Å². The van der Waals surface area contributed by atoms with E-state index < -0.39 is 0 Å². The summed E-state index contributed by atoms with van der Waals surface area (Å²) < 4.78 is 1.82. The van der Waals surface area contributed by atoms with Crippen molar-refractivity contribution >= 4 is 11.8 Å². The maximum Gasteiger partial charge on any atom is 0.245 e. The molecule has 1 saturated carbocycles. The molecule has 1 atom stereocenters. The van der Waals surface area contributed by atoms with Crippen molar-refractivity contribution in [2.75, 3.05) is 13.6 Å². The van der Waals surface area contributed by atoms with Crippen LogP contribution < -0.4 is 0 Å². The van der Waals surface area contributed by atoms with Crippen LogP contribution in [0.1, 0.15) is 50.5 Å². The van der Waals surface area contributed by atoms with E-state index in [9.17, 15) is 9.59 Å². The van der Waals surface area contributed by atoms with E-state index in [1.807, 2.05) is 53.2 Å². The van der Waals surface area contributed by atoms with Crippen LogP contribution in [0, 0.1) is 5.92 Å². The summed E-state index contributed by atoms with van der Waals surface area (Å²) in [6.07, 6.45) is 10.9. The molecule has 1 aromatic carbocycles. The molecule has 0 unspecified atom stereocenters. The minimum Gasteiger partial charge on any atom is -0.340 e. The quantitative estimate of drug-likeness (QED) is 0.781. The second kappa shape index (κ2) is 8.80. The number of aromatic nitrogens is 2. The van der Waals surface area contributed by atoms with Gasteiger partial charge in [-0.05, 0) is 37.8 Å². The molecule has 1 saturated heterocycles. The van der Waals surface area contributed by atoms with Crippen molar-refractivity contribution in [1.82, 2.24) is 19.6 Å². The molecular weight excluding hydrogens is 364 g/mol. The second-order valence-corrected chi connectivity index (χ2v) is 8.35. The van der Waals surface area contributed by atoms with Crippen molar-refractivity contribution < 1.29 is 9.59 Å². The Hall–Kier alpha value is -2.63. The van der Waals surface area contributed by atoms with Crippen molar-refractivity contribution in [1.29, 1.82) is 0 Å². The number of nitrogens with zero attached hydrogens (tertiary/aromatic N) is 4. The molecule has 1 aromatic heterocycles. The third kappa shape index (κ3) is 4.36. The van der Waals surface area contributed by atoms with Crippen LogP contribution in [0.25, 0.3) is 5.69 Å². The molecule has 4 rings (SSSR count). The van der Waals surface area contributed by atoms with Gasteiger partial charge in [0.15, 0.2) is 0 Å². The molecule has 2 aliphatic rings. The number of likely N-dealkylation sites (tertiary alicyclic amines) is 1. The first kappa shape index (κ1) is 19.7. The van der Waals surface area contributed by atoms with Crippen LogP contribution in [0.4, 0.5) is 0 Å². The van der Waals surface area contributed by atoms with E-state index in [1.165, 1.54) is 6.42 Å². The average Bonchev–Trinajstić information content (AvgIpc) is 3.44. The van der Waals surface area contributed by atoms with Gasteiger partial charge in [-0.2, -0.15) is 5.10 Å². The van der Waals surface area contributed by atoms with E-state index in [0.717, 1.165) is 49.8 Å². The molecule has 6 heteroatoms. The van der Waals surface area contributed by atoms with Gasteiger partial charge < -0.3 is 9.80 Å². The third-order valence-electron chi connectivity index (χ3n) is 6.23. The fraction of sp³-hybridized carbons (Fsp3) is 0.522. The number of hydrogen-bond donors (Lipinski definition) is 0. The Bertz CT molecular complexity index is 842. The predicted octanol–water partition coefficient (Wildman–Crippen LogP) is 3.40. The lowest BCUT2D eigenvalue weighted by Crippen LogP contribution is -2.48. The molecule has 2 amide bonds. The molecule has 2 aromatic rings. The maximum absolute atomic E-state index is 13.1. The molecular formula is C23H30N4O2. The van der Waals surface area contributed by atoms with Crippen LogP contribution in [0.2, 0.25) is 0 Å². The highest BCUT2D eigenvalue weighted by atomic mass is 16.2. The summed E-state index contributed by atoms with van der Waals surface area (Å²) >= 11 is 0. The summed E-state index contributed by atoms with van der Waals surface area (Å²) in [5, 5.41) is 4.41. The minimum atomic E-state index is -0.307. The third-order valence-corrected chi connectivity index (χ3v) is 6.23. The zero-order valence-corrected chi connectivity index (χ0v) is 17.2. The number of likely N-dealkylation sites (N-methyl/N-ethyl adjacent to an activating group) is 1. The standard InChI is InChI=1S/C23H30N4O2/c1-25(16-18-15-24-27(17-18)20-11-6-3-7-12-20)23(29)21-13-8-14-26(21)22(28)19-9-4-2-5-10-19/h3,6-7,11-12,15,17,19,21H,2,4-5,8-10,13-14,16H2,1H3/t21-/m0/s1. The number of benzene rings is 1. The Morgan fingerprint density at radius 3 is 2.59 bits per heavy atom. The SMILES string of the molecule is CN(Cc1cnn(-c2ccccc2)c1)C(=O)[C@@H]1CCCN1C(=O)C1CCCCC1. The summed E-state index contributed by atoms with van der Waals surface area (Å²) in [7, 11) is 1.82. The predicted molar refractivity (Wildman–Crippen MR) is 111 cm³/mol. The number of para-hydroxylation sites is 1. The Morgan fingerprint density at radius 2 is 1.83 bits per heavy atom. The van der Waals surface area contributed by atoms with Crippen LogP contribution in [-0.4, -0.2) is 51.0 Å². The lowest BCUT2D eigenvalue weighted by Gasteiger charge is -2.32. The molecule has 1 aliphatic carbocycles. The molecule has 2 fully saturated rings. The molecule has 2 heterocycles. The number of rotatable bonds is 5. The first-order valence-electron chi connectivity index (χ1n) is 10.8. The van der Waals surface area contributed by atoms with Gasteiger partial charge in [0.25, 0.3) is 0 Å². The van der Waals surface area contributed by atoms with Gasteiger partial charge in [-0.1, -0.05) is 37.5 Å². The van der Waals surface area contributed by atoms with E-state index >= 15 is 0 Å². The number of carbonyl (C=O) groups is 2. The zero-order valence-electron chi connectivity index (χ0n) is 17.2. The van der Waals surface area contributed by atoms with Gasteiger partial charge in [0.1, 0.15) is 6.04 Å². The number of amides is 2. The largest absolute Gasteiger partial charge is 0.340 e. The molecule has 0 N–H and O–H groups in total. The van der Waals surface area contributed by atoms with Gasteiger partial charge in [0.05, 0.1) is 11.9 Å². The highest BCUT2D eigenvalue weighted by molar-refractivity contribution is 5.89. The van der Waals surface area contributed by atoms with Crippen molar-refractivity contribution in [2.24, 2.45) is 5.92 Å². The first-order valence-corrected chi connectivity index (χ1v) is 10.8. The van der Waals surface area contributed by atoms with Crippen molar-refractivity contribution in [3.63, 3.8) is 0 Å². The molecule has 0 bridgehead atoms. The molecule has 0 spiro atoms. The van der Waals surface area contributed by atoms with Crippen LogP contribution in [0.15, 0.2) is 42.7 Å². The summed E-state index contributed by atoms with van der Waals surface area (Å²) in [6, 6.07) is 9.62. The molecule has 154 valence electrons. The van der Waals surface area contributed by atoms with Gasteiger partial charge in [-0.3, -0.25) is 9.59 Å². The second-order valence-electron chi connectivity index (χ2n) is 8.35.